The molecule has 0 aliphatic heterocycles. The Labute approximate surface area is 107 Å². The second-order valence-corrected chi connectivity index (χ2v) is 4.93. The van der Waals surface area contributed by atoms with Gasteiger partial charge in [0.15, 0.2) is 0 Å². The standard InChI is InChI=1S/C13H19NO2S/c1-3-4-7-16-13(15)9-17-11-5-6-12(14)10(2)8-11/h5-6,8H,3-4,7,9,14H2,1-2H3. The highest BCUT2D eigenvalue weighted by Crippen LogP contribution is 2.22. The number of nitrogen functional groups attached to an aromatic ring is 1. The number of hydrogen-bond acceptors (Lipinski definition) is 4. The van der Waals surface area contributed by atoms with E-state index in [1.165, 1.54) is 11.8 Å². The molecule has 0 unspecified atom stereocenters. The van der Waals surface area contributed by atoms with Gasteiger partial charge >= 0.3 is 5.97 Å². The van der Waals surface area contributed by atoms with Crippen molar-refractivity contribution in [2.45, 2.75) is 31.6 Å². The first kappa shape index (κ1) is 13.9. The van der Waals surface area contributed by atoms with E-state index in [0.29, 0.717) is 12.4 Å². The Kier molecular flexibility index (Phi) is 5.91. The van der Waals surface area contributed by atoms with Crippen molar-refractivity contribution >= 4 is 23.4 Å². The fourth-order valence-electron chi connectivity index (χ4n) is 1.25. The zero-order valence-electron chi connectivity index (χ0n) is 10.4. The Hall–Kier alpha value is -1.16. The average molecular weight is 253 g/mol. The summed E-state index contributed by atoms with van der Waals surface area (Å²) in [5.74, 6) is 0.200. The van der Waals surface area contributed by atoms with Crippen LogP contribution in [0.2, 0.25) is 0 Å². The second kappa shape index (κ2) is 7.22. The first-order chi connectivity index (χ1) is 8.13. The van der Waals surface area contributed by atoms with Crippen LogP contribution in [-0.2, 0) is 9.53 Å². The third-order valence-electron chi connectivity index (χ3n) is 2.36. The van der Waals surface area contributed by atoms with Crippen LogP contribution < -0.4 is 5.73 Å². The van der Waals surface area contributed by atoms with E-state index in [0.717, 1.165) is 29.0 Å². The average Bonchev–Trinajstić information content (AvgIpc) is 2.31. The molecule has 2 N–H and O–H groups in total. The molecule has 1 aromatic rings. The molecule has 1 rings (SSSR count). The maximum absolute atomic E-state index is 11.4. The molecule has 0 spiro atoms. The van der Waals surface area contributed by atoms with E-state index in [9.17, 15) is 4.79 Å². The largest absolute Gasteiger partial charge is 0.465 e. The molecule has 0 aliphatic carbocycles. The van der Waals surface area contributed by atoms with Crippen LogP contribution in [0.4, 0.5) is 5.69 Å². The zero-order chi connectivity index (χ0) is 12.7. The number of esters is 1. The van der Waals surface area contributed by atoms with Gasteiger partial charge in [-0.1, -0.05) is 13.3 Å². The number of carbonyl (C=O) groups excluding carboxylic acids is 1. The Morgan fingerprint density at radius 3 is 2.88 bits per heavy atom. The van der Waals surface area contributed by atoms with Crippen molar-refractivity contribution in [3.63, 3.8) is 0 Å². The number of nitrogens with two attached hydrogens (primary N) is 1. The third kappa shape index (κ3) is 5.13. The lowest BCUT2D eigenvalue weighted by Crippen LogP contribution is -2.08. The van der Waals surface area contributed by atoms with E-state index < -0.39 is 0 Å². The molecule has 0 fully saturated rings. The highest BCUT2D eigenvalue weighted by molar-refractivity contribution is 8.00. The van der Waals surface area contributed by atoms with Gasteiger partial charge in [-0.25, -0.2) is 0 Å². The van der Waals surface area contributed by atoms with Crippen LogP contribution in [-0.4, -0.2) is 18.3 Å². The summed E-state index contributed by atoms with van der Waals surface area (Å²) in [7, 11) is 0. The van der Waals surface area contributed by atoms with Gasteiger partial charge < -0.3 is 10.5 Å². The molecule has 0 amide bonds. The van der Waals surface area contributed by atoms with E-state index in [2.05, 4.69) is 6.92 Å². The summed E-state index contributed by atoms with van der Waals surface area (Å²) in [5.41, 5.74) is 7.54. The number of rotatable bonds is 6. The Balaban J connectivity index is 2.34. The van der Waals surface area contributed by atoms with Gasteiger partial charge in [0.05, 0.1) is 12.4 Å². The molecular formula is C13H19NO2S. The smallest absolute Gasteiger partial charge is 0.316 e. The van der Waals surface area contributed by atoms with Crippen LogP contribution in [0.25, 0.3) is 0 Å². The molecule has 4 heteroatoms. The predicted molar refractivity (Wildman–Crippen MR) is 72.2 cm³/mol. The molecule has 1 aromatic carbocycles. The summed E-state index contributed by atoms with van der Waals surface area (Å²) in [6.45, 7) is 4.55. The number of unbranched alkanes of at least 4 members (excludes halogenated alkanes) is 1. The molecule has 17 heavy (non-hydrogen) atoms. The minimum absolute atomic E-state index is 0.155. The minimum atomic E-state index is -0.155. The fourth-order valence-corrected chi connectivity index (χ4v) is 2.04. The van der Waals surface area contributed by atoms with Crippen LogP contribution in [0, 0.1) is 6.92 Å². The number of ether oxygens (including phenoxy) is 1. The molecule has 0 saturated carbocycles. The summed E-state index contributed by atoms with van der Waals surface area (Å²) in [4.78, 5) is 12.4. The van der Waals surface area contributed by atoms with E-state index in [4.69, 9.17) is 10.5 Å². The van der Waals surface area contributed by atoms with Gasteiger partial charge in [0.2, 0.25) is 0 Å². The highest BCUT2D eigenvalue weighted by atomic mass is 32.2. The number of carbonyl (C=O) groups is 1. The number of benzene rings is 1. The van der Waals surface area contributed by atoms with Gasteiger partial charge in [-0.05, 0) is 37.1 Å². The first-order valence-electron chi connectivity index (χ1n) is 5.78. The molecule has 94 valence electrons. The van der Waals surface area contributed by atoms with E-state index in [-0.39, 0.29) is 5.97 Å². The SMILES string of the molecule is CCCCOC(=O)CSc1ccc(N)c(C)c1. The molecule has 0 aromatic heterocycles. The molecule has 0 atom stereocenters. The minimum Gasteiger partial charge on any atom is -0.465 e. The van der Waals surface area contributed by atoms with E-state index in [1.54, 1.807) is 0 Å². The number of thioether (sulfide) groups is 1. The van der Waals surface area contributed by atoms with E-state index in [1.807, 2.05) is 25.1 Å². The Morgan fingerprint density at radius 1 is 1.47 bits per heavy atom. The maximum Gasteiger partial charge on any atom is 0.316 e. The monoisotopic (exact) mass is 253 g/mol. The molecule has 0 heterocycles. The van der Waals surface area contributed by atoms with Gasteiger partial charge in [-0.3, -0.25) is 4.79 Å². The lowest BCUT2D eigenvalue weighted by Gasteiger charge is -2.05. The van der Waals surface area contributed by atoms with Gasteiger partial charge in [-0.2, -0.15) is 0 Å². The summed E-state index contributed by atoms with van der Waals surface area (Å²) in [5, 5.41) is 0. The number of anilines is 1. The van der Waals surface area contributed by atoms with Crippen LogP contribution in [0.5, 0.6) is 0 Å². The van der Waals surface area contributed by atoms with Crippen molar-refractivity contribution in [3.8, 4) is 0 Å². The maximum atomic E-state index is 11.4. The molecule has 3 nitrogen and oxygen atoms in total. The number of hydrogen-bond donors (Lipinski definition) is 1. The number of aryl methyl sites for hydroxylation is 1. The molecular weight excluding hydrogens is 234 g/mol. The lowest BCUT2D eigenvalue weighted by atomic mass is 10.2. The van der Waals surface area contributed by atoms with Crippen LogP contribution in [0.15, 0.2) is 23.1 Å². The highest BCUT2D eigenvalue weighted by Gasteiger charge is 2.04. The van der Waals surface area contributed by atoms with Gasteiger partial charge in [0.25, 0.3) is 0 Å². The Morgan fingerprint density at radius 2 is 2.24 bits per heavy atom. The van der Waals surface area contributed by atoms with Gasteiger partial charge in [0, 0.05) is 10.6 Å². The summed E-state index contributed by atoms with van der Waals surface area (Å²) < 4.78 is 5.07. The predicted octanol–water partition coefficient (Wildman–Crippen LogP) is 3.01. The van der Waals surface area contributed by atoms with Crippen LogP contribution >= 0.6 is 11.8 Å². The lowest BCUT2D eigenvalue weighted by molar-refractivity contribution is -0.140. The van der Waals surface area contributed by atoms with Crippen molar-refractivity contribution in [1.29, 1.82) is 0 Å². The normalized spacial score (nSPS) is 10.2. The zero-order valence-corrected chi connectivity index (χ0v) is 11.2. The summed E-state index contributed by atoms with van der Waals surface area (Å²) in [6, 6.07) is 5.77. The first-order valence-corrected chi connectivity index (χ1v) is 6.76. The van der Waals surface area contributed by atoms with E-state index >= 15 is 0 Å². The quantitative estimate of drug-likeness (QED) is 0.366. The van der Waals surface area contributed by atoms with Crippen LogP contribution in [0.1, 0.15) is 25.3 Å². The molecule has 0 aliphatic rings. The van der Waals surface area contributed by atoms with Gasteiger partial charge in [-0.15, -0.1) is 11.8 Å². The van der Waals surface area contributed by atoms with Crippen molar-refractivity contribution < 1.29 is 9.53 Å². The van der Waals surface area contributed by atoms with Crippen molar-refractivity contribution in [3.05, 3.63) is 23.8 Å². The van der Waals surface area contributed by atoms with Crippen molar-refractivity contribution in [2.75, 3.05) is 18.1 Å². The summed E-state index contributed by atoms with van der Waals surface area (Å²) in [6.07, 6.45) is 1.97. The van der Waals surface area contributed by atoms with Crippen molar-refractivity contribution in [2.24, 2.45) is 0 Å². The fraction of sp³-hybridized carbons (Fsp3) is 0.462. The second-order valence-electron chi connectivity index (χ2n) is 3.88. The molecule has 0 bridgehead atoms. The summed E-state index contributed by atoms with van der Waals surface area (Å²) >= 11 is 1.48. The third-order valence-corrected chi connectivity index (χ3v) is 3.33. The molecule has 0 radical (unpaired) electrons. The topological polar surface area (TPSA) is 52.3 Å². The Bertz CT molecular complexity index is 380. The van der Waals surface area contributed by atoms with Gasteiger partial charge in [0.1, 0.15) is 0 Å². The van der Waals surface area contributed by atoms with Crippen molar-refractivity contribution in [1.82, 2.24) is 0 Å². The van der Waals surface area contributed by atoms with Crippen LogP contribution in [0.3, 0.4) is 0 Å². The molecule has 0 saturated heterocycles.